The number of hydrogen-bond donors (Lipinski definition) is 2. The Hall–Kier alpha value is -0.410. The molecule has 0 heterocycles. The third kappa shape index (κ3) is 1.45. The molecule has 3 nitrogen and oxygen atoms in total. The van der Waals surface area contributed by atoms with Crippen LogP contribution in [0.5, 0.6) is 0 Å². The lowest BCUT2D eigenvalue weighted by Crippen LogP contribution is -2.53. The molecule has 2 aliphatic rings. The van der Waals surface area contributed by atoms with Crippen molar-refractivity contribution in [1.82, 2.24) is 0 Å². The van der Waals surface area contributed by atoms with Crippen LogP contribution in [0, 0.1) is 16.7 Å². The molecule has 0 amide bonds. The Labute approximate surface area is 103 Å². The van der Waals surface area contributed by atoms with Gasteiger partial charge in [-0.15, -0.1) is 0 Å². The molecule has 0 spiro atoms. The molecule has 0 radical (unpaired) electrons. The van der Waals surface area contributed by atoms with E-state index in [0.717, 1.165) is 12.8 Å². The van der Waals surface area contributed by atoms with Crippen molar-refractivity contribution in [3.05, 3.63) is 0 Å². The van der Waals surface area contributed by atoms with E-state index in [0.29, 0.717) is 12.3 Å². The van der Waals surface area contributed by atoms with E-state index in [9.17, 15) is 15.0 Å². The maximum absolute atomic E-state index is 12.3. The summed E-state index contributed by atoms with van der Waals surface area (Å²) in [5.41, 5.74) is -1.55. The van der Waals surface area contributed by atoms with Gasteiger partial charge in [0, 0.05) is 11.8 Å². The first-order valence-corrected chi connectivity index (χ1v) is 6.59. The molecule has 0 aromatic rings. The van der Waals surface area contributed by atoms with Crippen molar-refractivity contribution >= 4 is 5.78 Å². The van der Waals surface area contributed by atoms with Crippen LogP contribution >= 0.6 is 0 Å². The lowest BCUT2D eigenvalue weighted by Gasteiger charge is -2.44. The maximum Gasteiger partial charge on any atom is 0.167 e. The normalized spacial score (nSPS) is 44.9. The average molecular weight is 240 g/mol. The fourth-order valence-electron chi connectivity index (χ4n) is 4.13. The Morgan fingerprint density at radius 1 is 1.41 bits per heavy atom. The molecule has 98 valence electrons. The highest BCUT2D eigenvalue weighted by Gasteiger charge is 2.70. The summed E-state index contributed by atoms with van der Waals surface area (Å²) in [5.74, 6) is 0.251. The summed E-state index contributed by atoms with van der Waals surface area (Å²) >= 11 is 0. The summed E-state index contributed by atoms with van der Waals surface area (Å²) in [5, 5.41) is 20.2. The van der Waals surface area contributed by atoms with Crippen molar-refractivity contribution < 1.29 is 15.0 Å². The first-order chi connectivity index (χ1) is 7.65. The monoisotopic (exact) mass is 240 g/mol. The minimum Gasteiger partial charge on any atom is -0.393 e. The second kappa shape index (κ2) is 3.55. The first kappa shape index (κ1) is 13.0. The van der Waals surface area contributed by atoms with Crippen molar-refractivity contribution in [2.24, 2.45) is 16.7 Å². The fourth-order valence-corrected chi connectivity index (χ4v) is 4.13. The summed E-state index contributed by atoms with van der Waals surface area (Å²) in [6.45, 7) is 7.97. The standard InChI is InChI=1S/C14H24O3/c1-9(15)7-11(16)14(17)8-10-5-6-13(14,4)12(10,2)3/h9-10,15,17H,5-8H2,1-4H3/t9-,10-,13-,14+/m1/s1. The van der Waals surface area contributed by atoms with Crippen molar-refractivity contribution in [3.63, 3.8) is 0 Å². The lowest BCUT2D eigenvalue weighted by atomic mass is 9.62. The van der Waals surface area contributed by atoms with Gasteiger partial charge in [0.05, 0.1) is 6.10 Å². The summed E-state index contributed by atoms with van der Waals surface area (Å²) in [7, 11) is 0. The predicted octanol–water partition coefficient (Wildman–Crippen LogP) is 1.90. The molecule has 2 rings (SSSR count). The topological polar surface area (TPSA) is 57.5 Å². The average Bonchev–Trinajstić information content (AvgIpc) is 2.48. The zero-order valence-electron chi connectivity index (χ0n) is 11.3. The molecule has 4 atom stereocenters. The van der Waals surface area contributed by atoms with Gasteiger partial charge in [-0.05, 0) is 37.5 Å². The number of Topliss-reactive ketones (excluding diaryl/α,β-unsaturated/α-hetero) is 1. The van der Waals surface area contributed by atoms with Crippen LogP contribution in [0.2, 0.25) is 0 Å². The van der Waals surface area contributed by atoms with Crippen LogP contribution in [0.3, 0.4) is 0 Å². The predicted molar refractivity (Wildman–Crippen MR) is 65.5 cm³/mol. The van der Waals surface area contributed by atoms with Crippen molar-refractivity contribution in [1.29, 1.82) is 0 Å². The first-order valence-electron chi connectivity index (χ1n) is 6.59. The molecule has 2 bridgehead atoms. The van der Waals surface area contributed by atoms with E-state index < -0.39 is 11.7 Å². The Kier molecular flexibility index (Phi) is 2.72. The Bertz CT molecular complexity index is 347. The summed E-state index contributed by atoms with van der Waals surface area (Å²) in [4.78, 5) is 12.3. The number of fused-ring (bicyclic) bond motifs is 2. The Morgan fingerprint density at radius 2 is 2.00 bits per heavy atom. The van der Waals surface area contributed by atoms with E-state index in [4.69, 9.17) is 0 Å². The van der Waals surface area contributed by atoms with Gasteiger partial charge in [0.2, 0.25) is 0 Å². The number of aliphatic hydroxyl groups excluding tert-OH is 1. The van der Waals surface area contributed by atoms with E-state index in [1.54, 1.807) is 6.92 Å². The maximum atomic E-state index is 12.3. The number of ketones is 1. The molecular weight excluding hydrogens is 216 g/mol. The molecule has 0 saturated heterocycles. The molecule has 0 unspecified atom stereocenters. The van der Waals surface area contributed by atoms with Gasteiger partial charge in [-0.3, -0.25) is 4.79 Å². The van der Waals surface area contributed by atoms with E-state index in [-0.39, 0.29) is 23.0 Å². The molecule has 0 aromatic heterocycles. The summed E-state index contributed by atoms with van der Waals surface area (Å²) in [6.07, 6.45) is 1.98. The minimum atomic E-state index is -1.23. The van der Waals surface area contributed by atoms with Crippen LogP contribution < -0.4 is 0 Å². The second-order valence-corrected chi connectivity index (χ2v) is 6.83. The number of carbonyl (C=O) groups excluding carboxylic acids is 1. The smallest absolute Gasteiger partial charge is 0.167 e. The fraction of sp³-hybridized carbons (Fsp3) is 0.929. The SMILES string of the molecule is C[C@@H](O)CC(=O)[C@@]1(O)C[C@H]2CC[C@]1(C)C2(C)C. The molecule has 2 aliphatic carbocycles. The molecule has 17 heavy (non-hydrogen) atoms. The van der Waals surface area contributed by atoms with Gasteiger partial charge in [-0.25, -0.2) is 0 Å². The van der Waals surface area contributed by atoms with Crippen LogP contribution in [-0.4, -0.2) is 27.7 Å². The largest absolute Gasteiger partial charge is 0.393 e. The molecule has 2 N–H and O–H groups in total. The van der Waals surface area contributed by atoms with Crippen molar-refractivity contribution in [3.8, 4) is 0 Å². The number of carbonyl (C=O) groups is 1. The Morgan fingerprint density at radius 3 is 2.35 bits per heavy atom. The van der Waals surface area contributed by atoms with Gasteiger partial charge in [-0.1, -0.05) is 20.8 Å². The van der Waals surface area contributed by atoms with Crippen molar-refractivity contribution in [2.75, 3.05) is 0 Å². The number of rotatable bonds is 3. The number of aliphatic hydroxyl groups is 2. The van der Waals surface area contributed by atoms with Gasteiger partial charge < -0.3 is 10.2 Å². The van der Waals surface area contributed by atoms with Crippen molar-refractivity contribution in [2.45, 2.75) is 65.1 Å². The van der Waals surface area contributed by atoms with E-state index >= 15 is 0 Å². The van der Waals surface area contributed by atoms with Gasteiger partial charge >= 0.3 is 0 Å². The highest BCUT2D eigenvalue weighted by Crippen LogP contribution is 2.69. The quantitative estimate of drug-likeness (QED) is 0.792. The lowest BCUT2D eigenvalue weighted by molar-refractivity contribution is -0.157. The van der Waals surface area contributed by atoms with E-state index in [1.165, 1.54) is 0 Å². The van der Waals surface area contributed by atoms with Crippen LogP contribution in [0.15, 0.2) is 0 Å². The van der Waals surface area contributed by atoms with Gasteiger partial charge in [0.15, 0.2) is 5.78 Å². The summed E-state index contributed by atoms with van der Waals surface area (Å²) < 4.78 is 0. The highest BCUT2D eigenvalue weighted by atomic mass is 16.3. The third-order valence-electron chi connectivity index (χ3n) is 5.83. The van der Waals surface area contributed by atoms with Crippen LogP contribution in [0.1, 0.15) is 53.4 Å². The minimum absolute atomic E-state index is 0.0100. The summed E-state index contributed by atoms with van der Waals surface area (Å²) in [6, 6.07) is 0. The zero-order valence-corrected chi connectivity index (χ0v) is 11.3. The molecule has 0 aromatic carbocycles. The molecule has 2 saturated carbocycles. The number of hydrogen-bond acceptors (Lipinski definition) is 3. The second-order valence-electron chi connectivity index (χ2n) is 6.83. The zero-order chi connectivity index (χ0) is 13.1. The molecular formula is C14H24O3. The highest BCUT2D eigenvalue weighted by molar-refractivity contribution is 5.89. The van der Waals surface area contributed by atoms with Gasteiger partial charge in [-0.2, -0.15) is 0 Å². The third-order valence-corrected chi connectivity index (χ3v) is 5.83. The van der Waals surface area contributed by atoms with Gasteiger partial charge in [0.1, 0.15) is 5.60 Å². The van der Waals surface area contributed by atoms with E-state index in [1.807, 2.05) is 6.92 Å². The van der Waals surface area contributed by atoms with E-state index in [2.05, 4.69) is 13.8 Å². The van der Waals surface area contributed by atoms with Gasteiger partial charge in [0.25, 0.3) is 0 Å². The molecule has 2 fully saturated rings. The Balaban J connectivity index is 2.32. The molecule has 0 aliphatic heterocycles. The van der Waals surface area contributed by atoms with Crippen LogP contribution in [0.4, 0.5) is 0 Å². The van der Waals surface area contributed by atoms with Crippen LogP contribution in [-0.2, 0) is 4.79 Å². The van der Waals surface area contributed by atoms with Crippen LogP contribution in [0.25, 0.3) is 0 Å². The molecule has 3 heteroatoms.